The number of carbonyl (C=O) groups is 1. The van der Waals surface area contributed by atoms with Crippen LogP contribution in [0.1, 0.15) is 5.01 Å². The zero-order valence-electron chi connectivity index (χ0n) is 15.7. The molecule has 0 saturated carbocycles. The molecule has 0 bridgehead atoms. The molecule has 4 rings (SSSR count). The Morgan fingerprint density at radius 1 is 1.23 bits per heavy atom. The molecule has 2 amide bonds. The van der Waals surface area contributed by atoms with Crippen molar-refractivity contribution >= 4 is 50.7 Å². The molecular formula is C19H14ClFN6O2S. The van der Waals surface area contributed by atoms with Gasteiger partial charge < -0.3 is 15.4 Å². The van der Waals surface area contributed by atoms with Crippen molar-refractivity contribution in [3.8, 4) is 17.0 Å². The Labute approximate surface area is 179 Å². The minimum atomic E-state index is -0.676. The van der Waals surface area contributed by atoms with E-state index >= 15 is 0 Å². The number of halogens is 2. The van der Waals surface area contributed by atoms with Gasteiger partial charge in [-0.1, -0.05) is 22.9 Å². The van der Waals surface area contributed by atoms with Crippen LogP contribution in [0.3, 0.4) is 0 Å². The minimum absolute atomic E-state index is 0.208. The van der Waals surface area contributed by atoms with E-state index in [9.17, 15) is 9.18 Å². The van der Waals surface area contributed by atoms with Gasteiger partial charge >= 0.3 is 6.03 Å². The highest BCUT2D eigenvalue weighted by Crippen LogP contribution is 2.37. The summed E-state index contributed by atoms with van der Waals surface area (Å²) in [6.45, 7) is 1.83. The third kappa shape index (κ3) is 3.87. The lowest BCUT2D eigenvalue weighted by atomic mass is 10.1. The van der Waals surface area contributed by atoms with E-state index in [-0.39, 0.29) is 22.2 Å². The number of nitrogens with one attached hydrogen (secondary N) is 2. The molecule has 4 aromatic heterocycles. The number of hydrogen-bond donors (Lipinski definition) is 2. The van der Waals surface area contributed by atoms with E-state index < -0.39 is 12.0 Å². The van der Waals surface area contributed by atoms with Crippen LogP contribution in [-0.4, -0.2) is 33.1 Å². The van der Waals surface area contributed by atoms with Crippen LogP contribution in [0.5, 0.6) is 5.88 Å². The second-order valence-electron chi connectivity index (χ2n) is 6.07. The number of rotatable bonds is 4. The topological polar surface area (TPSA) is 102 Å². The second kappa shape index (κ2) is 8.17. The monoisotopic (exact) mass is 444 g/mol. The van der Waals surface area contributed by atoms with Crippen molar-refractivity contribution in [1.29, 1.82) is 0 Å². The van der Waals surface area contributed by atoms with Crippen LogP contribution in [0.25, 0.3) is 21.5 Å². The lowest BCUT2D eigenvalue weighted by Gasteiger charge is -2.13. The fraction of sp³-hybridized carbons (Fsp3) is 0.105. The van der Waals surface area contributed by atoms with Crippen molar-refractivity contribution in [3.63, 3.8) is 0 Å². The van der Waals surface area contributed by atoms with Crippen LogP contribution in [0, 0.1) is 12.9 Å². The second-order valence-corrected chi connectivity index (χ2v) is 7.66. The number of pyridine rings is 3. The molecule has 8 nitrogen and oxygen atoms in total. The highest BCUT2D eigenvalue weighted by molar-refractivity contribution is 7.18. The zero-order chi connectivity index (χ0) is 21.3. The van der Waals surface area contributed by atoms with Gasteiger partial charge in [0.25, 0.3) is 0 Å². The fourth-order valence-corrected chi connectivity index (χ4v) is 3.86. The first-order chi connectivity index (χ1) is 14.5. The first-order valence-electron chi connectivity index (χ1n) is 8.61. The molecule has 0 aliphatic rings. The Hall–Kier alpha value is -3.37. The molecule has 0 saturated heterocycles. The Balaban J connectivity index is 1.70. The van der Waals surface area contributed by atoms with Crippen molar-refractivity contribution in [3.05, 3.63) is 52.8 Å². The van der Waals surface area contributed by atoms with Crippen LogP contribution in [-0.2, 0) is 0 Å². The van der Waals surface area contributed by atoms with Crippen molar-refractivity contribution in [2.24, 2.45) is 0 Å². The summed E-state index contributed by atoms with van der Waals surface area (Å²) < 4.78 is 19.5. The van der Waals surface area contributed by atoms with E-state index in [1.807, 2.05) is 6.92 Å². The summed E-state index contributed by atoms with van der Waals surface area (Å²) in [5, 5.41) is 6.32. The summed E-state index contributed by atoms with van der Waals surface area (Å²) >= 11 is 7.41. The number of hydrogen-bond acceptors (Lipinski definition) is 7. The number of nitrogens with zero attached hydrogens (tertiary/aromatic N) is 4. The van der Waals surface area contributed by atoms with E-state index in [1.54, 1.807) is 12.1 Å². The lowest BCUT2D eigenvalue weighted by molar-refractivity contribution is 0.262. The van der Waals surface area contributed by atoms with E-state index in [2.05, 4.69) is 30.6 Å². The van der Waals surface area contributed by atoms with Crippen molar-refractivity contribution in [1.82, 2.24) is 19.9 Å². The number of amides is 2. The van der Waals surface area contributed by atoms with Gasteiger partial charge in [-0.2, -0.15) is 4.39 Å². The standard InChI is InChI=1S/C19H14ClFN6O2S/c1-9-25-15-14(11-4-3-5-22-16(11)21)13(8-24-18(15)30-9)27-19(28)26-10-6-12(20)17(29-2)23-7-10/h3-8H,1-2H3,(H2,26,27,28). The molecule has 0 aromatic carbocycles. The molecule has 0 aliphatic carbocycles. The Morgan fingerprint density at radius 2 is 2.07 bits per heavy atom. The lowest BCUT2D eigenvalue weighted by Crippen LogP contribution is -2.20. The number of anilines is 2. The van der Waals surface area contributed by atoms with Gasteiger partial charge in [0.2, 0.25) is 11.8 Å². The summed E-state index contributed by atoms with van der Waals surface area (Å²) in [5.74, 6) is -0.434. The first kappa shape index (κ1) is 19.9. The molecule has 0 spiro atoms. The molecule has 11 heteroatoms. The number of carbonyl (C=O) groups excluding carboxylic acids is 1. The van der Waals surface area contributed by atoms with Gasteiger partial charge in [0, 0.05) is 17.3 Å². The maximum atomic E-state index is 14.5. The number of aryl methyl sites for hydroxylation is 1. The van der Waals surface area contributed by atoms with E-state index in [0.29, 0.717) is 21.6 Å². The molecule has 0 unspecified atom stereocenters. The maximum absolute atomic E-state index is 14.5. The largest absolute Gasteiger partial charge is 0.480 e. The maximum Gasteiger partial charge on any atom is 0.323 e. The molecule has 152 valence electrons. The van der Waals surface area contributed by atoms with E-state index in [0.717, 1.165) is 5.01 Å². The Bertz CT molecular complexity index is 1270. The van der Waals surface area contributed by atoms with Crippen molar-refractivity contribution in [2.75, 3.05) is 17.7 Å². The number of ether oxygens (including phenoxy) is 1. The number of thiazole rings is 1. The molecule has 0 fully saturated rings. The van der Waals surface area contributed by atoms with Crippen LogP contribution < -0.4 is 15.4 Å². The van der Waals surface area contributed by atoms with Crippen LogP contribution in [0.2, 0.25) is 5.02 Å². The molecule has 4 heterocycles. The van der Waals surface area contributed by atoms with Gasteiger partial charge in [-0.15, -0.1) is 0 Å². The first-order valence-corrected chi connectivity index (χ1v) is 9.80. The quantitative estimate of drug-likeness (QED) is 0.434. The Morgan fingerprint density at radius 3 is 2.80 bits per heavy atom. The molecule has 30 heavy (non-hydrogen) atoms. The fourth-order valence-electron chi connectivity index (χ4n) is 2.85. The predicted molar refractivity (Wildman–Crippen MR) is 114 cm³/mol. The van der Waals surface area contributed by atoms with Crippen molar-refractivity contribution < 1.29 is 13.9 Å². The third-order valence-electron chi connectivity index (χ3n) is 4.07. The molecule has 2 N–H and O–H groups in total. The molecule has 0 radical (unpaired) electrons. The molecule has 0 atom stereocenters. The predicted octanol–water partition coefficient (Wildman–Crippen LogP) is 4.90. The smallest absolute Gasteiger partial charge is 0.323 e. The van der Waals surface area contributed by atoms with Gasteiger partial charge in [-0.3, -0.25) is 0 Å². The van der Waals surface area contributed by atoms with Crippen LogP contribution >= 0.6 is 22.9 Å². The summed E-state index contributed by atoms with van der Waals surface area (Å²) in [6, 6.07) is 4.09. The number of aromatic nitrogens is 4. The zero-order valence-corrected chi connectivity index (χ0v) is 17.3. The summed E-state index contributed by atoms with van der Waals surface area (Å²) in [5.41, 5.74) is 1.72. The normalized spacial score (nSPS) is 10.8. The average Bonchev–Trinajstić information content (AvgIpc) is 3.09. The number of fused-ring (bicyclic) bond motifs is 1. The van der Waals surface area contributed by atoms with E-state index in [4.69, 9.17) is 16.3 Å². The third-order valence-corrected chi connectivity index (χ3v) is 5.22. The summed E-state index contributed by atoms with van der Waals surface area (Å²) in [7, 11) is 1.44. The van der Waals surface area contributed by atoms with Gasteiger partial charge in [0.15, 0.2) is 0 Å². The van der Waals surface area contributed by atoms with Gasteiger partial charge in [0.1, 0.15) is 15.4 Å². The average molecular weight is 445 g/mol. The summed E-state index contributed by atoms with van der Waals surface area (Å²) in [6.07, 6.45) is 4.21. The van der Waals surface area contributed by atoms with E-state index in [1.165, 1.54) is 43.1 Å². The van der Waals surface area contributed by atoms with Gasteiger partial charge in [-0.05, 0) is 25.1 Å². The number of urea groups is 1. The summed E-state index contributed by atoms with van der Waals surface area (Å²) in [4.78, 5) is 29.7. The van der Waals surface area contributed by atoms with Crippen LogP contribution in [0.15, 0.2) is 36.8 Å². The molecular weight excluding hydrogens is 431 g/mol. The molecule has 4 aromatic rings. The van der Waals surface area contributed by atoms with Crippen LogP contribution in [0.4, 0.5) is 20.6 Å². The van der Waals surface area contributed by atoms with Gasteiger partial charge in [0.05, 0.1) is 35.9 Å². The van der Waals surface area contributed by atoms with Gasteiger partial charge in [-0.25, -0.2) is 24.7 Å². The highest BCUT2D eigenvalue weighted by atomic mass is 35.5. The minimum Gasteiger partial charge on any atom is -0.480 e. The van der Waals surface area contributed by atoms with Crippen molar-refractivity contribution in [2.45, 2.75) is 6.92 Å². The SMILES string of the molecule is COc1ncc(NC(=O)Nc2cnc3sc(C)nc3c2-c2cccnc2F)cc1Cl. The molecule has 0 aliphatic heterocycles. The highest BCUT2D eigenvalue weighted by Gasteiger charge is 2.19. The Kier molecular flexibility index (Phi) is 5.42. The number of methoxy groups -OCH3 is 1.